The fourth-order valence-corrected chi connectivity index (χ4v) is 2.83. The molecule has 3 atom stereocenters. The van der Waals surface area contributed by atoms with E-state index in [9.17, 15) is 4.79 Å². The van der Waals surface area contributed by atoms with Crippen LogP contribution in [0.25, 0.3) is 0 Å². The molecule has 2 rings (SSSR count). The van der Waals surface area contributed by atoms with E-state index >= 15 is 0 Å². The van der Waals surface area contributed by atoms with Crippen LogP contribution in [-0.4, -0.2) is 25.8 Å². The van der Waals surface area contributed by atoms with Gasteiger partial charge in [0.15, 0.2) is 5.78 Å². The Hall–Kier alpha value is -0.670. The van der Waals surface area contributed by atoms with Crippen molar-refractivity contribution in [1.82, 2.24) is 0 Å². The predicted molar refractivity (Wildman–Crippen MR) is 61.0 cm³/mol. The number of ketones is 1. The average Bonchev–Trinajstić information content (AvgIpc) is 2.27. The molecular weight excluding hydrogens is 204 g/mol. The molecule has 3 nitrogen and oxygen atoms in total. The summed E-state index contributed by atoms with van der Waals surface area (Å²) < 4.78 is 10.5. The van der Waals surface area contributed by atoms with Crippen molar-refractivity contribution in [1.29, 1.82) is 0 Å². The number of allylic oxidation sites excluding steroid dienone is 2. The van der Waals surface area contributed by atoms with Crippen LogP contribution in [0.1, 0.15) is 32.6 Å². The highest BCUT2D eigenvalue weighted by atomic mass is 16.7. The summed E-state index contributed by atoms with van der Waals surface area (Å²) in [6.45, 7) is 2.62. The lowest BCUT2D eigenvalue weighted by Crippen LogP contribution is -2.39. The number of fused-ring (bicyclic) bond motifs is 1. The minimum absolute atomic E-state index is 0.209. The summed E-state index contributed by atoms with van der Waals surface area (Å²) in [5.41, 5.74) is 0.209. The molecule has 3 heteroatoms. The zero-order valence-electron chi connectivity index (χ0n) is 10.1. The van der Waals surface area contributed by atoms with E-state index in [2.05, 4.69) is 13.0 Å². The molecule has 0 spiro atoms. The van der Waals surface area contributed by atoms with Crippen molar-refractivity contribution in [2.75, 3.05) is 13.9 Å². The van der Waals surface area contributed by atoms with Crippen molar-refractivity contribution in [2.45, 2.75) is 38.7 Å². The largest absolute Gasteiger partial charge is 0.359 e. The summed E-state index contributed by atoms with van der Waals surface area (Å²) in [5, 5.41) is 0. The molecule has 0 heterocycles. The number of ether oxygens (including phenoxy) is 2. The SMILES string of the molecule is COCO[C@@H]1CC[C@@]2(C)C=CC(=O)C[C@@H]2C1. The Kier molecular flexibility index (Phi) is 3.45. The van der Waals surface area contributed by atoms with Gasteiger partial charge in [0.1, 0.15) is 6.79 Å². The van der Waals surface area contributed by atoms with Gasteiger partial charge in [0.2, 0.25) is 0 Å². The minimum Gasteiger partial charge on any atom is -0.359 e. The first-order valence-corrected chi connectivity index (χ1v) is 5.96. The van der Waals surface area contributed by atoms with Gasteiger partial charge in [-0.3, -0.25) is 4.79 Å². The molecule has 90 valence electrons. The molecule has 0 aromatic heterocycles. The maximum atomic E-state index is 11.4. The van der Waals surface area contributed by atoms with Crippen molar-refractivity contribution in [3.63, 3.8) is 0 Å². The average molecular weight is 224 g/mol. The van der Waals surface area contributed by atoms with E-state index < -0.39 is 0 Å². The molecule has 0 N–H and O–H groups in total. The fraction of sp³-hybridized carbons (Fsp3) is 0.769. The van der Waals surface area contributed by atoms with E-state index in [4.69, 9.17) is 9.47 Å². The van der Waals surface area contributed by atoms with Crippen molar-refractivity contribution in [2.24, 2.45) is 11.3 Å². The van der Waals surface area contributed by atoms with Crippen LogP contribution in [0.5, 0.6) is 0 Å². The second-order valence-electron chi connectivity index (χ2n) is 5.18. The Labute approximate surface area is 96.8 Å². The Morgan fingerprint density at radius 3 is 3.12 bits per heavy atom. The number of carbonyl (C=O) groups excluding carboxylic acids is 1. The molecular formula is C13H20O3. The lowest BCUT2D eigenvalue weighted by atomic mass is 9.63. The van der Waals surface area contributed by atoms with Gasteiger partial charge in [0.25, 0.3) is 0 Å². The summed E-state index contributed by atoms with van der Waals surface area (Å²) in [5.74, 6) is 0.704. The molecule has 1 fully saturated rings. The van der Waals surface area contributed by atoms with E-state index in [0.29, 0.717) is 19.1 Å². The third kappa shape index (κ3) is 2.36. The second-order valence-corrected chi connectivity index (χ2v) is 5.18. The predicted octanol–water partition coefficient (Wildman–Crippen LogP) is 2.31. The summed E-state index contributed by atoms with van der Waals surface area (Å²) in [7, 11) is 1.64. The number of rotatable bonds is 3. The van der Waals surface area contributed by atoms with Gasteiger partial charge in [-0.2, -0.15) is 0 Å². The molecule has 0 aromatic rings. The van der Waals surface area contributed by atoms with Crippen LogP contribution in [0.4, 0.5) is 0 Å². The van der Waals surface area contributed by atoms with Gasteiger partial charge >= 0.3 is 0 Å². The highest BCUT2D eigenvalue weighted by Crippen LogP contribution is 2.46. The number of hydrogen-bond donors (Lipinski definition) is 0. The van der Waals surface area contributed by atoms with Crippen molar-refractivity contribution < 1.29 is 14.3 Å². The summed E-state index contributed by atoms with van der Waals surface area (Å²) in [6.07, 6.45) is 7.96. The minimum atomic E-state index is 0.209. The standard InChI is InChI=1S/C13H20O3/c1-13-5-3-11(14)7-10(13)8-12(4-6-13)16-9-15-2/h3,5,10,12H,4,6-9H2,1-2H3/t10-,12-,13-/m1/s1. The quantitative estimate of drug-likeness (QED) is 0.690. The Morgan fingerprint density at radius 1 is 1.56 bits per heavy atom. The zero-order valence-corrected chi connectivity index (χ0v) is 10.1. The first-order chi connectivity index (χ1) is 7.64. The molecule has 0 saturated heterocycles. The maximum absolute atomic E-state index is 11.4. The molecule has 0 aliphatic heterocycles. The van der Waals surface area contributed by atoms with Gasteiger partial charge in [-0.05, 0) is 36.7 Å². The highest BCUT2D eigenvalue weighted by molar-refractivity contribution is 5.91. The van der Waals surface area contributed by atoms with Crippen LogP contribution in [-0.2, 0) is 14.3 Å². The molecule has 1 saturated carbocycles. The molecule has 0 radical (unpaired) electrons. The Bertz CT molecular complexity index is 298. The van der Waals surface area contributed by atoms with E-state index in [0.717, 1.165) is 19.3 Å². The van der Waals surface area contributed by atoms with Crippen molar-refractivity contribution >= 4 is 5.78 Å². The second kappa shape index (κ2) is 4.68. The summed E-state index contributed by atoms with van der Waals surface area (Å²) in [6, 6.07) is 0. The first kappa shape index (κ1) is 11.8. The van der Waals surface area contributed by atoms with Gasteiger partial charge in [-0.1, -0.05) is 13.0 Å². The van der Waals surface area contributed by atoms with Crippen LogP contribution >= 0.6 is 0 Å². The smallest absolute Gasteiger partial charge is 0.155 e. The molecule has 0 bridgehead atoms. The van der Waals surface area contributed by atoms with Gasteiger partial charge < -0.3 is 9.47 Å². The van der Waals surface area contributed by atoms with Crippen LogP contribution in [0.15, 0.2) is 12.2 Å². The van der Waals surface area contributed by atoms with Gasteiger partial charge in [-0.25, -0.2) is 0 Å². The third-order valence-corrected chi connectivity index (χ3v) is 4.00. The van der Waals surface area contributed by atoms with Crippen molar-refractivity contribution in [3.8, 4) is 0 Å². The summed E-state index contributed by atoms with van der Waals surface area (Å²) >= 11 is 0. The van der Waals surface area contributed by atoms with Crippen molar-refractivity contribution in [3.05, 3.63) is 12.2 Å². The van der Waals surface area contributed by atoms with E-state index in [1.807, 2.05) is 0 Å². The number of methoxy groups -OCH3 is 1. The van der Waals surface area contributed by atoms with Gasteiger partial charge in [-0.15, -0.1) is 0 Å². The van der Waals surface area contributed by atoms with Gasteiger partial charge in [0, 0.05) is 13.5 Å². The molecule has 2 aliphatic carbocycles. The Morgan fingerprint density at radius 2 is 2.38 bits per heavy atom. The number of hydrogen-bond acceptors (Lipinski definition) is 3. The third-order valence-electron chi connectivity index (χ3n) is 4.00. The summed E-state index contributed by atoms with van der Waals surface area (Å²) in [4.78, 5) is 11.4. The normalized spacial score (nSPS) is 38.5. The van der Waals surface area contributed by atoms with E-state index in [1.54, 1.807) is 13.2 Å². The Balaban J connectivity index is 1.98. The highest BCUT2D eigenvalue weighted by Gasteiger charge is 2.41. The van der Waals surface area contributed by atoms with Gasteiger partial charge in [0.05, 0.1) is 6.10 Å². The maximum Gasteiger partial charge on any atom is 0.155 e. The topological polar surface area (TPSA) is 35.5 Å². The van der Waals surface area contributed by atoms with Crippen LogP contribution in [0.2, 0.25) is 0 Å². The van der Waals surface area contributed by atoms with Crippen LogP contribution in [0.3, 0.4) is 0 Å². The lowest BCUT2D eigenvalue weighted by molar-refractivity contribution is -0.122. The number of carbonyl (C=O) groups is 1. The van der Waals surface area contributed by atoms with E-state index in [1.165, 1.54) is 0 Å². The zero-order chi connectivity index (χ0) is 11.6. The molecule has 0 amide bonds. The molecule has 0 aromatic carbocycles. The first-order valence-electron chi connectivity index (χ1n) is 5.96. The fourth-order valence-electron chi connectivity index (χ4n) is 2.83. The molecule has 2 aliphatic rings. The molecule has 16 heavy (non-hydrogen) atoms. The lowest BCUT2D eigenvalue weighted by Gasteiger charge is -2.44. The van der Waals surface area contributed by atoms with Crippen LogP contribution in [0, 0.1) is 11.3 Å². The monoisotopic (exact) mass is 224 g/mol. The van der Waals surface area contributed by atoms with Crippen LogP contribution < -0.4 is 0 Å². The van der Waals surface area contributed by atoms with E-state index in [-0.39, 0.29) is 17.3 Å². The molecule has 0 unspecified atom stereocenters.